The molecular weight excluding hydrogens is 413 g/mol. The van der Waals surface area contributed by atoms with Crippen LogP contribution in [0, 0.1) is 5.92 Å². The maximum Gasteiger partial charge on any atom is 0.416 e. The first-order chi connectivity index (χ1) is 14.4. The third-order valence-electron chi connectivity index (χ3n) is 6.15. The maximum absolute atomic E-state index is 13.4. The molecule has 0 bridgehead atoms. The summed E-state index contributed by atoms with van der Waals surface area (Å²) in [6.07, 6.45) is -3.12. The summed E-state index contributed by atoms with van der Waals surface area (Å²) in [5.41, 5.74) is 0.668. The van der Waals surface area contributed by atoms with Gasteiger partial charge in [-0.15, -0.1) is 11.3 Å². The van der Waals surface area contributed by atoms with Gasteiger partial charge in [0.1, 0.15) is 0 Å². The summed E-state index contributed by atoms with van der Waals surface area (Å²) < 4.78 is 46.6. The van der Waals surface area contributed by atoms with Gasteiger partial charge in [0, 0.05) is 35.1 Å². The second-order valence-corrected chi connectivity index (χ2v) is 8.95. The molecule has 2 aromatic rings. The van der Waals surface area contributed by atoms with Crippen molar-refractivity contribution in [3.05, 3.63) is 51.7 Å². The van der Waals surface area contributed by atoms with Gasteiger partial charge in [0.05, 0.1) is 30.4 Å². The summed E-state index contributed by atoms with van der Waals surface area (Å²) in [4.78, 5) is 3.30. The molecule has 0 aliphatic carbocycles. The van der Waals surface area contributed by atoms with Gasteiger partial charge in [0.2, 0.25) is 0 Å². The molecule has 8 heteroatoms. The number of aliphatic hydroxyl groups excluding tert-OH is 1. The summed E-state index contributed by atoms with van der Waals surface area (Å²) >= 11 is 1.65. The molecule has 0 amide bonds. The first kappa shape index (κ1) is 21.6. The molecule has 4 atom stereocenters. The average Bonchev–Trinajstić information content (AvgIpc) is 3.26. The highest BCUT2D eigenvalue weighted by atomic mass is 32.1. The van der Waals surface area contributed by atoms with Crippen LogP contribution >= 0.6 is 11.3 Å². The molecule has 2 aliphatic heterocycles. The molecule has 1 aromatic heterocycles. The molecule has 4 nitrogen and oxygen atoms in total. The lowest BCUT2D eigenvalue weighted by Crippen LogP contribution is -2.43. The Kier molecular flexibility index (Phi) is 6.39. The maximum atomic E-state index is 13.4. The number of fused-ring (bicyclic) bond motifs is 3. The fraction of sp³-hybridized carbons (Fsp3) is 0.545. The van der Waals surface area contributed by atoms with Gasteiger partial charge in [-0.05, 0) is 49.0 Å². The van der Waals surface area contributed by atoms with Crippen molar-refractivity contribution in [2.45, 2.75) is 44.2 Å². The van der Waals surface area contributed by atoms with Gasteiger partial charge in [0.25, 0.3) is 0 Å². The van der Waals surface area contributed by atoms with E-state index in [2.05, 4.69) is 16.3 Å². The van der Waals surface area contributed by atoms with Crippen LogP contribution in [0.15, 0.2) is 35.7 Å². The topological polar surface area (TPSA) is 44.7 Å². The Morgan fingerprint density at radius 3 is 2.77 bits per heavy atom. The van der Waals surface area contributed by atoms with Crippen LogP contribution in [0.5, 0.6) is 0 Å². The summed E-state index contributed by atoms with van der Waals surface area (Å²) in [6.45, 7) is 4.14. The van der Waals surface area contributed by atoms with Crippen molar-refractivity contribution in [1.29, 1.82) is 0 Å². The Hall–Kier alpha value is -1.61. The molecular formula is C22H27F3N2O2S. The average molecular weight is 441 g/mol. The van der Waals surface area contributed by atoms with E-state index in [0.29, 0.717) is 24.3 Å². The van der Waals surface area contributed by atoms with E-state index in [1.54, 1.807) is 11.3 Å². The number of rotatable bonds is 6. The monoisotopic (exact) mass is 440 g/mol. The van der Waals surface area contributed by atoms with E-state index in [0.717, 1.165) is 25.5 Å². The Balaban J connectivity index is 1.65. The summed E-state index contributed by atoms with van der Waals surface area (Å²) in [7, 11) is 0. The number of benzene rings is 1. The SMILES string of the molecule is CCN(CCO)C[C@H]1CC[C@@H]2[C@H](O1)c1cc(C(F)(F)F)ccc1N[C@H]2c1cccs1. The third-order valence-corrected chi connectivity index (χ3v) is 7.10. The number of likely N-dealkylation sites (N-methyl/N-ethyl adjacent to an activating group) is 1. The van der Waals surface area contributed by atoms with Crippen molar-refractivity contribution in [1.82, 2.24) is 4.90 Å². The minimum absolute atomic E-state index is 0.0277. The molecule has 1 fully saturated rings. The van der Waals surface area contributed by atoms with Crippen LogP contribution < -0.4 is 5.32 Å². The lowest BCUT2D eigenvalue weighted by Gasteiger charge is -2.46. The van der Waals surface area contributed by atoms with Gasteiger partial charge in [-0.2, -0.15) is 13.2 Å². The fourth-order valence-electron chi connectivity index (χ4n) is 4.62. The van der Waals surface area contributed by atoms with E-state index in [4.69, 9.17) is 4.74 Å². The molecule has 2 aliphatic rings. The summed E-state index contributed by atoms with van der Waals surface area (Å²) in [6, 6.07) is 8.02. The highest BCUT2D eigenvalue weighted by molar-refractivity contribution is 7.10. The van der Waals surface area contributed by atoms with E-state index >= 15 is 0 Å². The van der Waals surface area contributed by atoms with Gasteiger partial charge in [-0.1, -0.05) is 13.0 Å². The number of alkyl halides is 3. The van der Waals surface area contributed by atoms with Crippen LogP contribution in [0.1, 0.15) is 47.9 Å². The van der Waals surface area contributed by atoms with Crippen molar-refractivity contribution in [3.8, 4) is 0 Å². The van der Waals surface area contributed by atoms with Crippen LogP contribution in [-0.4, -0.2) is 42.4 Å². The van der Waals surface area contributed by atoms with Crippen molar-refractivity contribution >= 4 is 17.0 Å². The smallest absolute Gasteiger partial charge is 0.395 e. The number of anilines is 1. The number of aliphatic hydroxyl groups is 1. The number of hydrogen-bond donors (Lipinski definition) is 2. The molecule has 1 saturated heterocycles. The first-order valence-corrected chi connectivity index (χ1v) is 11.3. The molecule has 0 radical (unpaired) electrons. The van der Waals surface area contributed by atoms with E-state index in [9.17, 15) is 18.3 Å². The van der Waals surface area contributed by atoms with Gasteiger partial charge in [0.15, 0.2) is 0 Å². The molecule has 0 saturated carbocycles. The lowest BCUT2D eigenvalue weighted by atomic mass is 9.78. The highest BCUT2D eigenvalue weighted by Crippen LogP contribution is 2.51. The number of thiophene rings is 1. The number of nitrogens with one attached hydrogen (secondary N) is 1. The molecule has 0 unspecified atom stereocenters. The van der Waals surface area contributed by atoms with E-state index in [1.165, 1.54) is 17.0 Å². The predicted molar refractivity (Wildman–Crippen MR) is 112 cm³/mol. The second kappa shape index (κ2) is 8.86. The van der Waals surface area contributed by atoms with Crippen LogP contribution in [0.2, 0.25) is 0 Å². The van der Waals surface area contributed by atoms with Gasteiger partial charge < -0.3 is 15.2 Å². The molecule has 30 heavy (non-hydrogen) atoms. The minimum Gasteiger partial charge on any atom is -0.395 e. The molecule has 0 spiro atoms. The fourth-order valence-corrected chi connectivity index (χ4v) is 5.48. The number of ether oxygens (including phenoxy) is 1. The zero-order chi connectivity index (χ0) is 21.3. The predicted octanol–water partition coefficient (Wildman–Crippen LogP) is 5.08. The zero-order valence-electron chi connectivity index (χ0n) is 16.9. The Labute approximate surface area is 178 Å². The summed E-state index contributed by atoms with van der Waals surface area (Å²) in [5, 5.41) is 14.8. The summed E-state index contributed by atoms with van der Waals surface area (Å²) in [5.74, 6) is 0.0730. The van der Waals surface area contributed by atoms with Crippen molar-refractivity contribution in [2.75, 3.05) is 31.6 Å². The Morgan fingerprint density at radius 1 is 1.27 bits per heavy atom. The van der Waals surface area contributed by atoms with Crippen molar-refractivity contribution in [3.63, 3.8) is 0 Å². The third kappa shape index (κ3) is 4.37. The van der Waals surface area contributed by atoms with Crippen LogP contribution in [0.25, 0.3) is 0 Å². The molecule has 164 valence electrons. The van der Waals surface area contributed by atoms with Crippen LogP contribution in [0.3, 0.4) is 0 Å². The van der Waals surface area contributed by atoms with Gasteiger partial charge in [-0.25, -0.2) is 0 Å². The molecule has 3 heterocycles. The quantitative estimate of drug-likeness (QED) is 0.657. The molecule has 1 aromatic carbocycles. The number of halogens is 3. The van der Waals surface area contributed by atoms with Gasteiger partial charge >= 0.3 is 6.18 Å². The van der Waals surface area contributed by atoms with E-state index in [-0.39, 0.29) is 30.8 Å². The molecule has 2 N–H and O–H groups in total. The standard InChI is InChI=1S/C22H27F3N2O2S/c1-2-27(9-10-28)13-15-6-7-16-20(19-4-3-11-30-19)26-18-8-5-14(22(23,24)25)12-17(18)21(16)29-15/h3-5,8,11-12,15-16,20-21,26,28H,2,6-7,9-10,13H2,1H3/t15-,16+,20-,21+/m1/s1. The highest BCUT2D eigenvalue weighted by Gasteiger charge is 2.44. The Morgan fingerprint density at radius 2 is 2.10 bits per heavy atom. The first-order valence-electron chi connectivity index (χ1n) is 10.4. The minimum atomic E-state index is -4.39. The van der Waals surface area contributed by atoms with E-state index < -0.39 is 11.7 Å². The van der Waals surface area contributed by atoms with E-state index in [1.807, 2.05) is 18.4 Å². The Bertz CT molecular complexity index is 843. The second-order valence-electron chi connectivity index (χ2n) is 7.97. The van der Waals surface area contributed by atoms with Crippen LogP contribution in [-0.2, 0) is 10.9 Å². The van der Waals surface area contributed by atoms with Gasteiger partial charge in [-0.3, -0.25) is 4.90 Å². The molecule has 4 rings (SSSR count). The van der Waals surface area contributed by atoms with Crippen molar-refractivity contribution in [2.24, 2.45) is 5.92 Å². The van der Waals surface area contributed by atoms with Crippen molar-refractivity contribution < 1.29 is 23.0 Å². The normalized spacial score (nSPS) is 26.2. The lowest BCUT2D eigenvalue weighted by molar-refractivity contribution is -0.138. The number of nitrogens with zero attached hydrogens (tertiary/aromatic N) is 1. The largest absolute Gasteiger partial charge is 0.416 e. The number of hydrogen-bond acceptors (Lipinski definition) is 5. The zero-order valence-corrected chi connectivity index (χ0v) is 17.7. The van der Waals surface area contributed by atoms with Crippen LogP contribution in [0.4, 0.5) is 18.9 Å².